The molecule has 2 rings (SSSR count). The second-order valence-corrected chi connectivity index (χ2v) is 9.65. The zero-order chi connectivity index (χ0) is 19.5. The van der Waals surface area contributed by atoms with E-state index in [-0.39, 0.29) is 10.9 Å². The van der Waals surface area contributed by atoms with Crippen LogP contribution in [-0.4, -0.2) is 21.0 Å². The van der Waals surface area contributed by atoms with E-state index in [0.29, 0.717) is 0 Å². The highest BCUT2D eigenvalue weighted by atomic mass is 79.9. The van der Waals surface area contributed by atoms with Crippen molar-refractivity contribution in [3.8, 4) is 0 Å². The van der Waals surface area contributed by atoms with Crippen LogP contribution < -0.4 is 16.0 Å². The third-order valence-corrected chi connectivity index (χ3v) is 5.07. The first-order chi connectivity index (χ1) is 12.1. The molecule has 140 valence electrons. The number of thiocarbonyl (C=S) groups is 1. The van der Waals surface area contributed by atoms with Gasteiger partial charge >= 0.3 is 0 Å². The summed E-state index contributed by atoms with van der Waals surface area (Å²) >= 11 is 30.0. The quantitative estimate of drug-likeness (QED) is 0.259. The third kappa shape index (κ3) is 6.00. The molecule has 26 heavy (non-hydrogen) atoms. The molecular formula is C15H12Br2Cl3N3O2S. The van der Waals surface area contributed by atoms with Crippen LogP contribution in [0.25, 0.3) is 0 Å². The van der Waals surface area contributed by atoms with Crippen LogP contribution in [0.3, 0.4) is 0 Å². The van der Waals surface area contributed by atoms with Gasteiger partial charge in [-0.3, -0.25) is 4.79 Å². The monoisotopic (exact) mass is 561 g/mol. The van der Waals surface area contributed by atoms with Crippen molar-refractivity contribution in [2.75, 3.05) is 5.32 Å². The van der Waals surface area contributed by atoms with Crippen LogP contribution in [0.5, 0.6) is 0 Å². The minimum atomic E-state index is -1.86. The Labute approximate surface area is 187 Å². The fraction of sp³-hybridized carbons (Fsp3) is 0.200. The fourth-order valence-corrected chi connectivity index (χ4v) is 4.04. The summed E-state index contributed by atoms with van der Waals surface area (Å²) in [6.45, 7) is 1.91. The van der Waals surface area contributed by atoms with Gasteiger partial charge in [-0.1, -0.05) is 50.7 Å². The maximum atomic E-state index is 12.2. The molecule has 11 heteroatoms. The molecule has 0 bridgehead atoms. The van der Waals surface area contributed by atoms with Gasteiger partial charge in [0.15, 0.2) is 10.9 Å². The first kappa shape index (κ1) is 21.8. The second kappa shape index (κ2) is 9.12. The van der Waals surface area contributed by atoms with Crippen molar-refractivity contribution in [3.63, 3.8) is 0 Å². The molecule has 3 N–H and O–H groups in total. The number of amides is 1. The highest BCUT2D eigenvalue weighted by Gasteiger charge is 2.35. The number of rotatable bonds is 4. The zero-order valence-corrected chi connectivity index (χ0v) is 19.3. The lowest BCUT2D eigenvalue weighted by atomic mass is 10.2. The number of nitrogens with one attached hydrogen (secondary N) is 3. The number of carbonyl (C=O) groups excluding carboxylic acids is 1. The maximum Gasteiger partial charge on any atom is 0.288 e. The average Bonchev–Trinajstić information content (AvgIpc) is 3.03. The smallest absolute Gasteiger partial charge is 0.288 e. The molecule has 0 fully saturated rings. The lowest BCUT2D eigenvalue weighted by molar-refractivity contribution is 0.0906. The number of anilines is 1. The van der Waals surface area contributed by atoms with E-state index in [9.17, 15) is 4.79 Å². The van der Waals surface area contributed by atoms with E-state index in [1.54, 1.807) is 6.07 Å². The highest BCUT2D eigenvalue weighted by molar-refractivity contribution is 9.11. The molecule has 0 saturated heterocycles. The lowest BCUT2D eigenvalue weighted by Crippen LogP contribution is -2.56. The van der Waals surface area contributed by atoms with E-state index in [4.69, 9.17) is 51.4 Å². The van der Waals surface area contributed by atoms with Crippen molar-refractivity contribution in [2.24, 2.45) is 0 Å². The Morgan fingerprint density at radius 1 is 1.27 bits per heavy atom. The molecule has 1 aromatic carbocycles. The number of hydrogen-bond donors (Lipinski definition) is 3. The summed E-state index contributed by atoms with van der Waals surface area (Å²) in [5.41, 5.74) is 1.67. The highest BCUT2D eigenvalue weighted by Crippen LogP contribution is 2.31. The lowest BCUT2D eigenvalue weighted by Gasteiger charge is -2.27. The Morgan fingerprint density at radius 2 is 1.96 bits per heavy atom. The minimum Gasteiger partial charge on any atom is -0.459 e. The Morgan fingerprint density at radius 3 is 2.50 bits per heavy atom. The predicted molar refractivity (Wildman–Crippen MR) is 116 cm³/mol. The first-order valence-electron chi connectivity index (χ1n) is 7.02. The van der Waals surface area contributed by atoms with Gasteiger partial charge in [0.25, 0.3) is 5.91 Å². The Hall–Kier alpha value is -0.510. The van der Waals surface area contributed by atoms with E-state index in [1.807, 2.05) is 19.1 Å². The fourth-order valence-electron chi connectivity index (χ4n) is 1.95. The number of alkyl halides is 3. The van der Waals surface area contributed by atoms with Crippen molar-refractivity contribution in [3.05, 3.63) is 50.8 Å². The summed E-state index contributed by atoms with van der Waals surface area (Å²) in [6.07, 6.45) is 0.270. The number of carbonyl (C=O) groups is 1. The first-order valence-corrected chi connectivity index (χ1v) is 10.1. The van der Waals surface area contributed by atoms with Crippen LogP contribution in [0.15, 0.2) is 43.9 Å². The molecule has 2 aromatic rings. The van der Waals surface area contributed by atoms with E-state index >= 15 is 0 Å². The van der Waals surface area contributed by atoms with Gasteiger partial charge in [-0.25, -0.2) is 0 Å². The van der Waals surface area contributed by atoms with Crippen molar-refractivity contribution < 1.29 is 9.21 Å². The normalized spacial score (nSPS) is 12.4. The van der Waals surface area contributed by atoms with Crippen molar-refractivity contribution in [1.29, 1.82) is 0 Å². The molecular weight excluding hydrogens is 552 g/mol. The van der Waals surface area contributed by atoms with Gasteiger partial charge in [0, 0.05) is 8.95 Å². The molecule has 0 aliphatic carbocycles. The van der Waals surface area contributed by atoms with E-state index in [0.717, 1.165) is 20.2 Å². The van der Waals surface area contributed by atoms with Crippen LogP contribution >= 0.6 is 78.9 Å². The molecule has 5 nitrogen and oxygen atoms in total. The Bertz CT molecular complexity index is 790. The van der Waals surface area contributed by atoms with Gasteiger partial charge in [0.05, 0.1) is 12.0 Å². The number of hydrogen-bond acceptors (Lipinski definition) is 3. The van der Waals surface area contributed by atoms with Crippen LogP contribution in [-0.2, 0) is 0 Å². The SMILES string of the molecule is Cc1cc(Br)cc(Br)c1NC(=S)N[C@@H](NC(=O)c1ccco1)C(Cl)(Cl)Cl. The largest absolute Gasteiger partial charge is 0.459 e. The average molecular weight is 565 g/mol. The molecule has 0 spiro atoms. The van der Waals surface area contributed by atoms with Crippen LogP contribution in [0.1, 0.15) is 16.1 Å². The van der Waals surface area contributed by atoms with E-state index in [1.165, 1.54) is 12.3 Å². The molecule has 1 amide bonds. The van der Waals surface area contributed by atoms with Gasteiger partial charge in [-0.05, 0) is 64.9 Å². The number of furan rings is 1. The number of halogens is 5. The Balaban J connectivity index is 2.11. The van der Waals surface area contributed by atoms with E-state index < -0.39 is 15.9 Å². The van der Waals surface area contributed by atoms with E-state index in [2.05, 4.69) is 47.8 Å². The number of benzene rings is 1. The maximum absolute atomic E-state index is 12.2. The van der Waals surface area contributed by atoms with Crippen molar-refractivity contribution in [1.82, 2.24) is 10.6 Å². The molecule has 1 atom stereocenters. The summed E-state index contributed by atoms with van der Waals surface area (Å²) in [5.74, 6) is -0.473. The standard InChI is InChI=1S/C15H12Br2Cl3N3O2S/c1-7-5-8(16)6-9(17)11(7)21-14(26)23-13(15(18,19)20)22-12(24)10-3-2-4-25-10/h2-6,13H,1H3,(H,22,24)(H2,21,23,26)/t13-/m1/s1. The topological polar surface area (TPSA) is 66.3 Å². The van der Waals surface area contributed by atoms with Gasteiger partial charge < -0.3 is 20.4 Å². The molecule has 1 aromatic heterocycles. The van der Waals surface area contributed by atoms with Crippen LogP contribution in [0, 0.1) is 6.92 Å². The van der Waals surface area contributed by atoms with Gasteiger partial charge in [-0.2, -0.15) is 0 Å². The molecule has 0 saturated carbocycles. The molecule has 0 unspecified atom stereocenters. The summed E-state index contributed by atoms with van der Waals surface area (Å²) in [6, 6.07) is 6.85. The second-order valence-electron chi connectivity index (χ2n) is 5.10. The van der Waals surface area contributed by atoms with Gasteiger partial charge in [-0.15, -0.1) is 0 Å². The third-order valence-electron chi connectivity index (χ3n) is 3.11. The molecule has 0 aliphatic heterocycles. The Kier molecular flexibility index (Phi) is 7.64. The summed E-state index contributed by atoms with van der Waals surface area (Å²) < 4.78 is 4.87. The molecule has 1 heterocycles. The molecule has 0 radical (unpaired) electrons. The molecule has 0 aliphatic rings. The number of aryl methyl sites for hydroxylation is 1. The summed E-state index contributed by atoms with van der Waals surface area (Å²) in [5, 5.41) is 8.49. The van der Waals surface area contributed by atoms with Crippen LogP contribution in [0.2, 0.25) is 0 Å². The summed E-state index contributed by atoms with van der Waals surface area (Å²) in [7, 11) is 0. The minimum absolute atomic E-state index is 0.0800. The van der Waals surface area contributed by atoms with Gasteiger partial charge in [0.2, 0.25) is 3.79 Å². The predicted octanol–water partition coefficient (Wildman–Crippen LogP) is 5.53. The van der Waals surface area contributed by atoms with Crippen molar-refractivity contribution in [2.45, 2.75) is 16.9 Å². The van der Waals surface area contributed by atoms with Crippen LogP contribution in [0.4, 0.5) is 5.69 Å². The zero-order valence-electron chi connectivity index (χ0n) is 13.1. The van der Waals surface area contributed by atoms with Gasteiger partial charge in [0.1, 0.15) is 6.17 Å². The summed E-state index contributed by atoms with van der Waals surface area (Å²) in [4.78, 5) is 12.2. The van der Waals surface area contributed by atoms with Crippen molar-refractivity contribution >= 4 is 95.6 Å².